The average Bonchev–Trinajstić information content (AvgIpc) is 2.41. The van der Waals surface area contributed by atoms with Crippen molar-refractivity contribution >= 4 is 0 Å². The SMILES string of the molecule is C=C(CNC(C)C)COc1ccc(CC)cc1C(C)(C)C. The summed E-state index contributed by atoms with van der Waals surface area (Å²) in [4.78, 5) is 0. The van der Waals surface area contributed by atoms with Crippen LogP contribution in [0, 0.1) is 0 Å². The molecule has 0 radical (unpaired) electrons. The standard InChI is InChI=1S/C19H31NO/c1-8-16-9-10-18(17(11-16)19(5,6)7)21-13-15(4)12-20-14(2)3/h9-11,14,20H,4,8,12-13H2,1-3,5-7H3. The lowest BCUT2D eigenvalue weighted by molar-refractivity contribution is 0.336. The van der Waals surface area contributed by atoms with Crippen molar-refractivity contribution in [3.63, 3.8) is 0 Å². The van der Waals surface area contributed by atoms with Gasteiger partial charge in [0.05, 0.1) is 0 Å². The lowest BCUT2D eigenvalue weighted by Gasteiger charge is -2.24. The number of aryl methyl sites for hydroxylation is 1. The molecule has 0 amide bonds. The summed E-state index contributed by atoms with van der Waals surface area (Å²) < 4.78 is 6.02. The minimum Gasteiger partial charge on any atom is -0.489 e. The third-order valence-corrected chi connectivity index (χ3v) is 3.45. The molecule has 0 aromatic heterocycles. The van der Waals surface area contributed by atoms with Crippen LogP contribution in [0.2, 0.25) is 0 Å². The van der Waals surface area contributed by atoms with Crippen molar-refractivity contribution in [3.05, 3.63) is 41.5 Å². The highest BCUT2D eigenvalue weighted by molar-refractivity contribution is 5.41. The summed E-state index contributed by atoms with van der Waals surface area (Å²) in [5.41, 5.74) is 3.78. The fraction of sp³-hybridized carbons (Fsp3) is 0.579. The minimum atomic E-state index is 0.0814. The predicted octanol–water partition coefficient (Wildman–Crippen LogP) is 4.48. The van der Waals surface area contributed by atoms with Crippen LogP contribution >= 0.6 is 0 Å². The van der Waals surface area contributed by atoms with Gasteiger partial charge in [0.1, 0.15) is 12.4 Å². The van der Waals surface area contributed by atoms with Gasteiger partial charge in [0.15, 0.2) is 0 Å². The average molecular weight is 289 g/mol. The smallest absolute Gasteiger partial charge is 0.123 e. The largest absolute Gasteiger partial charge is 0.489 e. The zero-order valence-corrected chi connectivity index (χ0v) is 14.5. The first-order valence-corrected chi connectivity index (χ1v) is 7.90. The molecule has 1 aromatic carbocycles. The summed E-state index contributed by atoms with van der Waals surface area (Å²) in [5.74, 6) is 0.977. The summed E-state index contributed by atoms with van der Waals surface area (Å²) in [6.45, 7) is 18.6. The Labute approximate surface area is 130 Å². The van der Waals surface area contributed by atoms with E-state index in [0.717, 1.165) is 24.3 Å². The molecule has 21 heavy (non-hydrogen) atoms. The van der Waals surface area contributed by atoms with E-state index in [2.05, 4.69) is 71.6 Å². The van der Waals surface area contributed by atoms with E-state index in [1.165, 1.54) is 11.1 Å². The van der Waals surface area contributed by atoms with Crippen LogP contribution in [-0.4, -0.2) is 19.2 Å². The normalized spacial score (nSPS) is 11.8. The van der Waals surface area contributed by atoms with Crippen LogP contribution in [0.5, 0.6) is 5.75 Å². The van der Waals surface area contributed by atoms with Gasteiger partial charge in [-0.1, -0.05) is 60.3 Å². The van der Waals surface area contributed by atoms with Crippen LogP contribution in [0.4, 0.5) is 0 Å². The molecule has 0 fully saturated rings. The molecule has 1 rings (SSSR count). The van der Waals surface area contributed by atoms with Gasteiger partial charge in [-0.15, -0.1) is 0 Å². The Balaban J connectivity index is 2.77. The minimum absolute atomic E-state index is 0.0814. The maximum Gasteiger partial charge on any atom is 0.123 e. The Hall–Kier alpha value is -1.28. The van der Waals surface area contributed by atoms with Crippen molar-refractivity contribution in [2.45, 2.75) is 59.4 Å². The number of hydrogen-bond donors (Lipinski definition) is 1. The number of nitrogens with one attached hydrogen (secondary N) is 1. The summed E-state index contributed by atoms with van der Waals surface area (Å²) in [7, 11) is 0. The van der Waals surface area contributed by atoms with Gasteiger partial charge in [-0.3, -0.25) is 0 Å². The molecule has 0 atom stereocenters. The summed E-state index contributed by atoms with van der Waals surface area (Å²) in [5, 5.41) is 3.37. The molecule has 2 heteroatoms. The summed E-state index contributed by atoms with van der Waals surface area (Å²) >= 11 is 0. The van der Waals surface area contributed by atoms with E-state index in [0.29, 0.717) is 12.6 Å². The van der Waals surface area contributed by atoms with Crippen molar-refractivity contribution in [1.29, 1.82) is 0 Å². The zero-order chi connectivity index (χ0) is 16.0. The third-order valence-electron chi connectivity index (χ3n) is 3.45. The van der Waals surface area contributed by atoms with Crippen molar-refractivity contribution in [2.75, 3.05) is 13.2 Å². The van der Waals surface area contributed by atoms with E-state index >= 15 is 0 Å². The van der Waals surface area contributed by atoms with Gasteiger partial charge in [0.25, 0.3) is 0 Å². The highest BCUT2D eigenvalue weighted by Crippen LogP contribution is 2.32. The molecule has 0 unspecified atom stereocenters. The monoisotopic (exact) mass is 289 g/mol. The van der Waals surface area contributed by atoms with Crippen molar-refractivity contribution in [3.8, 4) is 5.75 Å². The van der Waals surface area contributed by atoms with Crippen LogP contribution in [0.3, 0.4) is 0 Å². The molecule has 0 heterocycles. The lowest BCUT2D eigenvalue weighted by atomic mass is 9.85. The van der Waals surface area contributed by atoms with Crippen LogP contribution in [0.25, 0.3) is 0 Å². The second-order valence-electron chi connectivity index (χ2n) is 7.01. The Bertz CT molecular complexity index is 469. The Morgan fingerprint density at radius 1 is 1.29 bits per heavy atom. The van der Waals surface area contributed by atoms with Crippen LogP contribution < -0.4 is 10.1 Å². The van der Waals surface area contributed by atoms with Gasteiger partial charge < -0.3 is 10.1 Å². The first-order valence-electron chi connectivity index (χ1n) is 7.90. The first-order chi connectivity index (χ1) is 9.74. The van der Waals surface area contributed by atoms with Gasteiger partial charge >= 0.3 is 0 Å². The quantitative estimate of drug-likeness (QED) is 0.747. The second kappa shape index (κ2) is 7.65. The maximum atomic E-state index is 6.02. The molecular weight excluding hydrogens is 258 g/mol. The molecule has 0 saturated heterocycles. The van der Waals surface area contributed by atoms with E-state index in [9.17, 15) is 0 Å². The second-order valence-corrected chi connectivity index (χ2v) is 7.01. The molecule has 0 saturated carbocycles. The molecule has 1 aromatic rings. The molecular formula is C19H31NO. The van der Waals surface area contributed by atoms with E-state index in [4.69, 9.17) is 4.74 Å². The number of hydrogen-bond acceptors (Lipinski definition) is 2. The highest BCUT2D eigenvalue weighted by atomic mass is 16.5. The molecule has 0 aliphatic rings. The van der Waals surface area contributed by atoms with Crippen molar-refractivity contribution < 1.29 is 4.74 Å². The summed E-state index contributed by atoms with van der Waals surface area (Å²) in [6, 6.07) is 6.99. The van der Waals surface area contributed by atoms with Gasteiger partial charge in [0.2, 0.25) is 0 Å². The van der Waals surface area contributed by atoms with Gasteiger partial charge in [-0.05, 0) is 34.6 Å². The van der Waals surface area contributed by atoms with E-state index in [-0.39, 0.29) is 5.41 Å². The number of benzene rings is 1. The summed E-state index contributed by atoms with van der Waals surface area (Å²) in [6.07, 6.45) is 1.05. The fourth-order valence-electron chi connectivity index (χ4n) is 2.09. The third kappa shape index (κ3) is 5.92. The molecule has 1 N–H and O–H groups in total. The van der Waals surface area contributed by atoms with Gasteiger partial charge in [0, 0.05) is 12.6 Å². The van der Waals surface area contributed by atoms with Crippen molar-refractivity contribution in [1.82, 2.24) is 5.32 Å². The molecule has 0 bridgehead atoms. The molecule has 0 aliphatic heterocycles. The topological polar surface area (TPSA) is 21.3 Å². The van der Waals surface area contributed by atoms with Crippen molar-refractivity contribution in [2.24, 2.45) is 0 Å². The van der Waals surface area contributed by atoms with Crippen LogP contribution in [-0.2, 0) is 11.8 Å². The number of rotatable bonds is 7. The Kier molecular flexibility index (Phi) is 6.47. The number of ether oxygens (including phenoxy) is 1. The molecule has 0 aliphatic carbocycles. The van der Waals surface area contributed by atoms with E-state index < -0.39 is 0 Å². The Morgan fingerprint density at radius 2 is 1.95 bits per heavy atom. The predicted molar refractivity (Wildman–Crippen MR) is 92.3 cm³/mol. The maximum absolute atomic E-state index is 6.02. The van der Waals surface area contributed by atoms with Crippen LogP contribution in [0.1, 0.15) is 52.7 Å². The Morgan fingerprint density at radius 3 is 2.48 bits per heavy atom. The first kappa shape index (κ1) is 17.8. The molecule has 118 valence electrons. The molecule has 2 nitrogen and oxygen atoms in total. The lowest BCUT2D eigenvalue weighted by Crippen LogP contribution is -2.26. The van der Waals surface area contributed by atoms with Gasteiger partial charge in [-0.25, -0.2) is 0 Å². The zero-order valence-electron chi connectivity index (χ0n) is 14.5. The van der Waals surface area contributed by atoms with Gasteiger partial charge in [-0.2, -0.15) is 0 Å². The highest BCUT2D eigenvalue weighted by Gasteiger charge is 2.19. The molecule has 0 spiro atoms. The van der Waals surface area contributed by atoms with Crippen LogP contribution in [0.15, 0.2) is 30.4 Å². The van der Waals surface area contributed by atoms with E-state index in [1.54, 1.807) is 0 Å². The van der Waals surface area contributed by atoms with E-state index in [1.807, 2.05) is 0 Å². The fourth-order valence-corrected chi connectivity index (χ4v) is 2.09.